The Hall–Kier alpha value is -2.78. The Kier molecular flexibility index (Phi) is 5.93. The number of hydrogen-bond acceptors (Lipinski definition) is 5. The molecule has 3 aliphatic rings. The van der Waals surface area contributed by atoms with Crippen LogP contribution in [0.3, 0.4) is 0 Å². The lowest BCUT2D eigenvalue weighted by Gasteiger charge is -2.42. The highest BCUT2D eigenvalue weighted by atomic mass is 19.3. The number of alkyl halides is 2. The van der Waals surface area contributed by atoms with E-state index in [0.29, 0.717) is 48.6 Å². The number of halogens is 3. The Morgan fingerprint density at radius 3 is 2.79 bits per heavy atom. The molecule has 5 rings (SSSR count). The molecule has 0 unspecified atom stereocenters. The molecule has 2 aromatic rings. The van der Waals surface area contributed by atoms with Crippen LogP contribution in [0.1, 0.15) is 35.2 Å². The third kappa shape index (κ3) is 4.22. The summed E-state index contributed by atoms with van der Waals surface area (Å²) in [6.45, 7) is 1.25. The fraction of sp³-hybridized carbons (Fsp3) is 0.480. The maximum atomic E-state index is 13.9. The molecule has 2 saturated heterocycles. The van der Waals surface area contributed by atoms with Crippen molar-refractivity contribution in [3.63, 3.8) is 0 Å². The number of amides is 1. The minimum atomic E-state index is -2.55. The molecule has 1 saturated carbocycles. The maximum Gasteiger partial charge on any atom is 0.254 e. The van der Waals surface area contributed by atoms with Gasteiger partial charge in [0.05, 0.1) is 19.3 Å². The van der Waals surface area contributed by atoms with Crippen LogP contribution in [0.4, 0.5) is 18.9 Å². The van der Waals surface area contributed by atoms with Gasteiger partial charge in [-0.15, -0.1) is 0 Å². The molecule has 0 radical (unpaired) electrons. The van der Waals surface area contributed by atoms with Crippen molar-refractivity contribution in [2.75, 3.05) is 38.9 Å². The average Bonchev–Trinajstić information content (AvgIpc) is 3.25. The first kappa shape index (κ1) is 23.0. The number of anilines is 1. The standard InChI is InChI=1S/C25H27F3N2O4/c1-32-21-9-17(5-6-20(21)29-13-16-11-24(27,28)12-16)23(31)30-8-7-25(22(14-30)33-15-34-25)18-3-2-4-19(26)10-18/h2-6,9-10,16,22,29H,7-8,11-15H2,1H3/t22-,25-/m1/s1. The van der Waals surface area contributed by atoms with Crippen molar-refractivity contribution in [1.29, 1.82) is 0 Å². The van der Waals surface area contributed by atoms with E-state index in [-0.39, 0.29) is 37.3 Å². The van der Waals surface area contributed by atoms with Gasteiger partial charge < -0.3 is 24.4 Å². The van der Waals surface area contributed by atoms with Crippen molar-refractivity contribution in [2.24, 2.45) is 5.92 Å². The smallest absolute Gasteiger partial charge is 0.254 e. The van der Waals surface area contributed by atoms with Crippen LogP contribution < -0.4 is 10.1 Å². The Morgan fingerprint density at radius 2 is 2.06 bits per heavy atom. The predicted molar refractivity (Wildman–Crippen MR) is 119 cm³/mol. The number of nitrogens with zero attached hydrogens (tertiary/aromatic N) is 1. The molecule has 1 aliphatic carbocycles. The molecule has 34 heavy (non-hydrogen) atoms. The molecule has 2 atom stereocenters. The summed E-state index contributed by atoms with van der Waals surface area (Å²) < 4.78 is 57.2. The van der Waals surface area contributed by atoms with E-state index in [4.69, 9.17) is 14.2 Å². The first-order chi connectivity index (χ1) is 16.3. The molecular formula is C25H27F3N2O4. The molecule has 1 amide bonds. The van der Waals surface area contributed by atoms with Crippen molar-refractivity contribution in [3.8, 4) is 5.75 Å². The molecular weight excluding hydrogens is 449 g/mol. The molecule has 1 N–H and O–H groups in total. The molecule has 2 heterocycles. The number of methoxy groups -OCH3 is 1. The van der Waals surface area contributed by atoms with Gasteiger partial charge in [-0.2, -0.15) is 0 Å². The molecule has 0 aromatic heterocycles. The Bertz CT molecular complexity index is 1070. The highest BCUT2D eigenvalue weighted by Crippen LogP contribution is 2.44. The molecule has 9 heteroatoms. The fourth-order valence-electron chi connectivity index (χ4n) is 5.16. The SMILES string of the molecule is COc1cc(C(=O)N2CC[C@]3(c4cccc(F)c4)OCO[C@@H]3C2)ccc1NCC1CC(F)(F)C1. The van der Waals surface area contributed by atoms with Crippen LogP contribution in [0.15, 0.2) is 42.5 Å². The molecule has 2 aromatic carbocycles. The summed E-state index contributed by atoms with van der Waals surface area (Å²) in [4.78, 5) is 15.0. The second kappa shape index (κ2) is 8.78. The van der Waals surface area contributed by atoms with Gasteiger partial charge in [0.25, 0.3) is 5.91 Å². The number of piperidine rings is 1. The van der Waals surface area contributed by atoms with Gasteiger partial charge in [-0.1, -0.05) is 12.1 Å². The Balaban J connectivity index is 1.27. The second-order valence-corrected chi connectivity index (χ2v) is 9.24. The highest BCUT2D eigenvalue weighted by molar-refractivity contribution is 5.95. The van der Waals surface area contributed by atoms with Gasteiger partial charge in [-0.05, 0) is 41.8 Å². The van der Waals surface area contributed by atoms with Gasteiger partial charge in [0, 0.05) is 37.9 Å². The van der Waals surface area contributed by atoms with E-state index < -0.39 is 17.6 Å². The van der Waals surface area contributed by atoms with E-state index in [9.17, 15) is 18.0 Å². The van der Waals surface area contributed by atoms with E-state index in [1.54, 1.807) is 29.2 Å². The lowest BCUT2D eigenvalue weighted by molar-refractivity contribution is -0.106. The highest BCUT2D eigenvalue weighted by Gasteiger charge is 2.51. The summed E-state index contributed by atoms with van der Waals surface area (Å²) in [5, 5.41) is 3.16. The second-order valence-electron chi connectivity index (χ2n) is 9.24. The summed E-state index contributed by atoms with van der Waals surface area (Å²) in [6.07, 6.45) is -0.152. The average molecular weight is 476 g/mol. The summed E-state index contributed by atoms with van der Waals surface area (Å²) in [5.74, 6) is -2.68. The number of rotatable bonds is 6. The van der Waals surface area contributed by atoms with E-state index in [1.165, 1.54) is 19.2 Å². The predicted octanol–water partition coefficient (Wildman–Crippen LogP) is 4.41. The van der Waals surface area contributed by atoms with Crippen LogP contribution >= 0.6 is 0 Å². The van der Waals surface area contributed by atoms with Gasteiger partial charge in [0.15, 0.2) is 0 Å². The summed E-state index contributed by atoms with van der Waals surface area (Å²) in [6, 6.07) is 11.4. The zero-order valence-corrected chi connectivity index (χ0v) is 18.9. The third-order valence-corrected chi connectivity index (χ3v) is 7.05. The topological polar surface area (TPSA) is 60.0 Å². The van der Waals surface area contributed by atoms with Crippen LogP contribution in [0.5, 0.6) is 5.75 Å². The van der Waals surface area contributed by atoms with Gasteiger partial charge in [-0.25, -0.2) is 13.2 Å². The van der Waals surface area contributed by atoms with Gasteiger partial charge in [-0.3, -0.25) is 4.79 Å². The van der Waals surface area contributed by atoms with Crippen LogP contribution in [0.25, 0.3) is 0 Å². The van der Waals surface area contributed by atoms with Crippen LogP contribution in [-0.4, -0.2) is 56.4 Å². The molecule has 182 valence electrons. The Labute approximate surface area is 196 Å². The summed E-state index contributed by atoms with van der Waals surface area (Å²) in [5.41, 5.74) is 1.05. The minimum Gasteiger partial charge on any atom is -0.495 e. The van der Waals surface area contributed by atoms with E-state index in [2.05, 4.69) is 5.32 Å². The first-order valence-corrected chi connectivity index (χ1v) is 11.4. The minimum absolute atomic E-state index is 0.0821. The van der Waals surface area contributed by atoms with Crippen molar-refractivity contribution >= 4 is 11.6 Å². The lowest BCUT2D eigenvalue weighted by Crippen LogP contribution is -2.53. The van der Waals surface area contributed by atoms with Crippen molar-refractivity contribution in [3.05, 3.63) is 59.4 Å². The fourth-order valence-corrected chi connectivity index (χ4v) is 5.16. The number of fused-ring (bicyclic) bond motifs is 1. The van der Waals surface area contributed by atoms with Gasteiger partial charge in [0.1, 0.15) is 30.1 Å². The molecule has 3 fully saturated rings. The normalized spacial score (nSPS) is 26.0. The monoisotopic (exact) mass is 476 g/mol. The van der Waals surface area contributed by atoms with Crippen LogP contribution in [0, 0.1) is 11.7 Å². The van der Waals surface area contributed by atoms with E-state index in [1.807, 2.05) is 6.07 Å². The summed E-state index contributed by atoms with van der Waals surface area (Å²) in [7, 11) is 1.50. The number of hydrogen-bond donors (Lipinski definition) is 1. The Morgan fingerprint density at radius 1 is 1.24 bits per heavy atom. The van der Waals surface area contributed by atoms with Crippen LogP contribution in [0.2, 0.25) is 0 Å². The van der Waals surface area contributed by atoms with Crippen LogP contribution in [-0.2, 0) is 15.1 Å². The quantitative estimate of drug-likeness (QED) is 0.670. The number of nitrogens with one attached hydrogen (secondary N) is 1. The van der Waals surface area contributed by atoms with Crippen molar-refractivity contribution in [2.45, 2.75) is 36.9 Å². The largest absolute Gasteiger partial charge is 0.495 e. The van der Waals surface area contributed by atoms with Gasteiger partial charge >= 0.3 is 0 Å². The summed E-state index contributed by atoms with van der Waals surface area (Å²) >= 11 is 0. The zero-order chi connectivity index (χ0) is 23.9. The van der Waals surface area contributed by atoms with Crippen molar-refractivity contribution < 1.29 is 32.2 Å². The number of carbonyl (C=O) groups excluding carboxylic acids is 1. The lowest BCUT2D eigenvalue weighted by atomic mass is 9.81. The number of ether oxygens (including phenoxy) is 3. The molecule has 0 spiro atoms. The van der Waals surface area contributed by atoms with Crippen molar-refractivity contribution in [1.82, 2.24) is 4.90 Å². The molecule has 6 nitrogen and oxygen atoms in total. The number of carbonyl (C=O) groups is 1. The number of benzene rings is 2. The molecule has 0 bridgehead atoms. The maximum absolute atomic E-state index is 13.9. The zero-order valence-electron chi connectivity index (χ0n) is 18.9. The molecule has 2 aliphatic heterocycles. The van der Waals surface area contributed by atoms with E-state index >= 15 is 0 Å². The first-order valence-electron chi connectivity index (χ1n) is 11.4. The number of likely N-dealkylation sites (tertiary alicyclic amines) is 1. The third-order valence-electron chi connectivity index (χ3n) is 7.05. The van der Waals surface area contributed by atoms with Gasteiger partial charge in [0.2, 0.25) is 5.92 Å². The van der Waals surface area contributed by atoms with E-state index in [0.717, 1.165) is 0 Å².